The van der Waals surface area contributed by atoms with E-state index in [1.807, 2.05) is 12.1 Å². The summed E-state index contributed by atoms with van der Waals surface area (Å²) in [5.74, 6) is 2.16. The number of benzene rings is 1. The summed E-state index contributed by atoms with van der Waals surface area (Å²) in [5, 5.41) is 10.0. The summed E-state index contributed by atoms with van der Waals surface area (Å²) in [4.78, 5) is 7.67. The summed E-state index contributed by atoms with van der Waals surface area (Å²) < 4.78 is 11.3. The molecule has 0 aliphatic carbocycles. The van der Waals surface area contributed by atoms with Crippen LogP contribution in [0.4, 0.5) is 0 Å². The highest BCUT2D eigenvalue weighted by Gasteiger charge is 2.21. The summed E-state index contributed by atoms with van der Waals surface area (Å²) >= 11 is 0. The molecule has 4 N–H and O–H groups in total. The lowest BCUT2D eigenvalue weighted by atomic mass is 10.0. The van der Waals surface area contributed by atoms with Crippen molar-refractivity contribution in [3.63, 3.8) is 0 Å². The number of aromatic amines is 1. The van der Waals surface area contributed by atoms with Gasteiger partial charge in [0.15, 0.2) is 11.5 Å². The van der Waals surface area contributed by atoms with Crippen molar-refractivity contribution in [3.05, 3.63) is 18.0 Å². The third-order valence-corrected chi connectivity index (χ3v) is 3.39. The van der Waals surface area contributed by atoms with Gasteiger partial charge in [-0.15, -0.1) is 0 Å². The molecule has 0 saturated heterocycles. The molecule has 6 nitrogen and oxygen atoms in total. The maximum atomic E-state index is 10.0. The Morgan fingerprint density at radius 3 is 2.75 bits per heavy atom. The molecule has 1 unspecified atom stereocenters. The van der Waals surface area contributed by atoms with Crippen LogP contribution in [0.15, 0.2) is 12.1 Å². The number of nitrogens with two attached hydrogens (primary N) is 1. The normalized spacial score (nSPS) is 17.8. The summed E-state index contributed by atoms with van der Waals surface area (Å²) in [5.41, 5.74) is 6.25. The Labute approximate surface area is 116 Å². The molecule has 0 spiro atoms. The van der Waals surface area contributed by atoms with Gasteiger partial charge in [0.05, 0.1) is 29.8 Å². The van der Waals surface area contributed by atoms with E-state index in [1.165, 1.54) is 0 Å². The van der Waals surface area contributed by atoms with Gasteiger partial charge in [0, 0.05) is 31.5 Å². The highest BCUT2D eigenvalue weighted by molar-refractivity contribution is 5.79. The molecule has 6 heteroatoms. The Kier molecular flexibility index (Phi) is 3.27. The van der Waals surface area contributed by atoms with Crippen LogP contribution in [0.5, 0.6) is 11.5 Å². The van der Waals surface area contributed by atoms with Crippen molar-refractivity contribution in [2.75, 3.05) is 19.8 Å². The third kappa shape index (κ3) is 2.57. The van der Waals surface area contributed by atoms with Gasteiger partial charge in [0.2, 0.25) is 0 Å². The van der Waals surface area contributed by atoms with Crippen LogP contribution in [0.1, 0.15) is 19.2 Å². The van der Waals surface area contributed by atoms with Crippen LogP contribution < -0.4 is 15.2 Å². The van der Waals surface area contributed by atoms with E-state index in [2.05, 4.69) is 9.97 Å². The Morgan fingerprint density at radius 1 is 1.35 bits per heavy atom. The van der Waals surface area contributed by atoms with E-state index < -0.39 is 5.60 Å². The van der Waals surface area contributed by atoms with Crippen molar-refractivity contribution >= 4 is 11.0 Å². The average Bonchev–Trinajstić information content (AvgIpc) is 2.63. The van der Waals surface area contributed by atoms with Crippen LogP contribution in [-0.4, -0.2) is 40.4 Å². The SMILES string of the molecule is CC(O)(CN)Cc1nc2cc3c(cc2[nH]1)OCCCO3. The molecule has 1 aliphatic rings. The van der Waals surface area contributed by atoms with Crippen molar-refractivity contribution in [2.24, 2.45) is 5.73 Å². The number of rotatable bonds is 3. The predicted octanol–water partition coefficient (Wildman–Crippen LogP) is 0.976. The van der Waals surface area contributed by atoms with Gasteiger partial charge >= 0.3 is 0 Å². The molecule has 0 radical (unpaired) electrons. The van der Waals surface area contributed by atoms with Crippen LogP contribution in [0.25, 0.3) is 11.0 Å². The molecule has 0 fully saturated rings. The number of aliphatic hydroxyl groups is 1. The Hall–Kier alpha value is -1.79. The molecule has 2 aromatic rings. The maximum Gasteiger partial charge on any atom is 0.163 e. The van der Waals surface area contributed by atoms with Crippen molar-refractivity contribution in [2.45, 2.75) is 25.4 Å². The van der Waals surface area contributed by atoms with Crippen molar-refractivity contribution in [1.29, 1.82) is 0 Å². The van der Waals surface area contributed by atoms with Crippen LogP contribution in [0.2, 0.25) is 0 Å². The minimum Gasteiger partial charge on any atom is -0.489 e. The smallest absolute Gasteiger partial charge is 0.163 e. The Balaban J connectivity index is 1.95. The molecule has 0 amide bonds. The highest BCUT2D eigenvalue weighted by Crippen LogP contribution is 2.33. The summed E-state index contributed by atoms with van der Waals surface area (Å²) in [6.07, 6.45) is 1.26. The minimum atomic E-state index is -0.960. The maximum absolute atomic E-state index is 10.0. The third-order valence-electron chi connectivity index (χ3n) is 3.39. The fraction of sp³-hybridized carbons (Fsp3) is 0.500. The molecular weight excluding hydrogens is 258 g/mol. The zero-order valence-corrected chi connectivity index (χ0v) is 11.5. The Bertz CT molecular complexity index is 578. The lowest BCUT2D eigenvalue weighted by Gasteiger charge is -2.18. The molecule has 0 bridgehead atoms. The largest absolute Gasteiger partial charge is 0.489 e. The second-order valence-electron chi connectivity index (χ2n) is 5.43. The molecule has 0 saturated carbocycles. The van der Waals surface area contributed by atoms with Crippen molar-refractivity contribution < 1.29 is 14.6 Å². The monoisotopic (exact) mass is 277 g/mol. The van der Waals surface area contributed by atoms with Crippen molar-refractivity contribution in [3.8, 4) is 11.5 Å². The number of imidazole rings is 1. The molecule has 20 heavy (non-hydrogen) atoms. The van der Waals surface area contributed by atoms with Crippen molar-refractivity contribution in [1.82, 2.24) is 9.97 Å². The number of hydrogen-bond donors (Lipinski definition) is 3. The number of nitrogens with zero attached hydrogens (tertiary/aromatic N) is 1. The molecule has 1 aromatic heterocycles. The minimum absolute atomic E-state index is 0.187. The van der Waals surface area contributed by atoms with Gasteiger partial charge in [-0.05, 0) is 6.92 Å². The van der Waals surface area contributed by atoms with E-state index in [-0.39, 0.29) is 6.54 Å². The quantitative estimate of drug-likeness (QED) is 0.777. The number of ether oxygens (including phenoxy) is 2. The van der Waals surface area contributed by atoms with Crippen LogP contribution in [0, 0.1) is 0 Å². The summed E-state index contributed by atoms with van der Waals surface area (Å²) in [6.45, 7) is 3.19. The fourth-order valence-corrected chi connectivity index (χ4v) is 2.24. The first-order valence-corrected chi connectivity index (χ1v) is 6.78. The van der Waals surface area contributed by atoms with Gasteiger partial charge in [0.25, 0.3) is 0 Å². The van der Waals surface area contributed by atoms with Crippen LogP contribution in [0.3, 0.4) is 0 Å². The number of nitrogens with one attached hydrogen (secondary N) is 1. The number of hydrogen-bond acceptors (Lipinski definition) is 5. The van der Waals surface area contributed by atoms with Gasteiger partial charge in [-0.1, -0.05) is 0 Å². The van der Waals surface area contributed by atoms with Gasteiger partial charge in [-0.3, -0.25) is 0 Å². The van der Waals surface area contributed by atoms with E-state index in [0.717, 1.165) is 29.0 Å². The van der Waals surface area contributed by atoms with E-state index in [1.54, 1.807) is 6.92 Å². The molecule has 1 aliphatic heterocycles. The molecule has 1 aromatic carbocycles. The van der Waals surface area contributed by atoms with Gasteiger partial charge in [0.1, 0.15) is 5.82 Å². The summed E-state index contributed by atoms with van der Waals surface area (Å²) in [7, 11) is 0. The molecule has 1 atom stereocenters. The first kappa shape index (κ1) is 13.2. The van der Waals surface area contributed by atoms with E-state index in [0.29, 0.717) is 25.5 Å². The zero-order valence-electron chi connectivity index (χ0n) is 11.5. The standard InChI is InChI=1S/C14H19N3O3/c1-14(18,8-15)7-13-16-9-5-11-12(6-10(9)17-13)20-4-2-3-19-11/h5-6,18H,2-4,7-8,15H2,1H3,(H,16,17). The molecule has 3 rings (SSSR count). The average molecular weight is 277 g/mol. The second kappa shape index (κ2) is 4.96. The second-order valence-corrected chi connectivity index (χ2v) is 5.43. The van der Waals surface area contributed by atoms with E-state index >= 15 is 0 Å². The van der Waals surface area contributed by atoms with Gasteiger partial charge in [-0.2, -0.15) is 0 Å². The van der Waals surface area contributed by atoms with Crippen LogP contribution in [-0.2, 0) is 6.42 Å². The lowest BCUT2D eigenvalue weighted by Crippen LogP contribution is -2.36. The zero-order chi connectivity index (χ0) is 14.2. The van der Waals surface area contributed by atoms with E-state index in [9.17, 15) is 5.11 Å². The highest BCUT2D eigenvalue weighted by atomic mass is 16.5. The fourth-order valence-electron chi connectivity index (χ4n) is 2.24. The topological polar surface area (TPSA) is 93.4 Å². The molecule has 108 valence electrons. The molecular formula is C14H19N3O3. The van der Waals surface area contributed by atoms with E-state index in [4.69, 9.17) is 15.2 Å². The summed E-state index contributed by atoms with van der Waals surface area (Å²) in [6, 6.07) is 3.76. The first-order chi connectivity index (χ1) is 9.57. The number of aromatic nitrogens is 2. The first-order valence-electron chi connectivity index (χ1n) is 6.78. The number of fused-ring (bicyclic) bond motifs is 2. The molecule has 2 heterocycles. The van der Waals surface area contributed by atoms with Gasteiger partial charge < -0.3 is 25.3 Å². The van der Waals surface area contributed by atoms with Crippen LogP contribution >= 0.6 is 0 Å². The predicted molar refractivity (Wildman–Crippen MR) is 75.1 cm³/mol. The lowest BCUT2D eigenvalue weighted by molar-refractivity contribution is 0.0678. The van der Waals surface area contributed by atoms with Gasteiger partial charge in [-0.25, -0.2) is 4.98 Å². The Morgan fingerprint density at radius 2 is 2.05 bits per heavy atom. The number of H-pyrrole nitrogens is 1.